The molecule has 0 bridgehead atoms. The summed E-state index contributed by atoms with van der Waals surface area (Å²) in [6, 6.07) is 0. The van der Waals surface area contributed by atoms with Gasteiger partial charge in [0, 0.05) is 18.8 Å². The van der Waals surface area contributed by atoms with Crippen molar-refractivity contribution in [3.8, 4) is 0 Å². The number of aliphatic hydroxyl groups is 3. The van der Waals surface area contributed by atoms with E-state index in [1.807, 2.05) is 6.08 Å². The molecule has 0 unspecified atom stereocenters. The Morgan fingerprint density at radius 3 is 2.05 bits per heavy atom. The number of esters is 1. The molecule has 41 heavy (non-hydrogen) atoms. The van der Waals surface area contributed by atoms with E-state index in [-0.39, 0.29) is 17.8 Å². The van der Waals surface area contributed by atoms with Crippen molar-refractivity contribution in [3.05, 3.63) is 36.5 Å². The largest absolute Gasteiger partial charge is 0.466 e. The van der Waals surface area contributed by atoms with Crippen molar-refractivity contribution in [1.29, 1.82) is 0 Å². The van der Waals surface area contributed by atoms with Crippen LogP contribution in [-0.4, -0.2) is 46.2 Å². The minimum atomic E-state index is -0.575. The summed E-state index contributed by atoms with van der Waals surface area (Å²) in [4.78, 5) is 12.0. The van der Waals surface area contributed by atoms with Crippen LogP contribution in [0.2, 0.25) is 0 Å². The molecular weight excluding hydrogens is 512 g/mol. The molecule has 1 saturated carbocycles. The highest BCUT2D eigenvalue weighted by Crippen LogP contribution is 2.36. The van der Waals surface area contributed by atoms with Crippen molar-refractivity contribution in [3.63, 3.8) is 0 Å². The SMILES string of the molecule is CCCCCC/C=C/CCCCCCCCOC(=O)CCC/C=C\C[C@@H]1[C@@H](/C=C/[C@@H](O)CCCCC)[C@H](O)C[C@@H]1O. The zero-order chi connectivity index (χ0) is 30.0. The summed E-state index contributed by atoms with van der Waals surface area (Å²) in [7, 11) is 0. The number of rotatable bonds is 26. The number of carbonyl (C=O) groups is 1. The Morgan fingerprint density at radius 1 is 0.756 bits per heavy atom. The highest BCUT2D eigenvalue weighted by Gasteiger charge is 2.39. The Hall–Kier alpha value is -1.43. The molecule has 238 valence electrons. The summed E-state index contributed by atoms with van der Waals surface area (Å²) in [6.07, 6.45) is 32.8. The monoisotopic (exact) mass is 576 g/mol. The molecule has 3 N–H and O–H groups in total. The normalized spacial score (nSPS) is 22.0. The topological polar surface area (TPSA) is 87.0 Å². The molecule has 1 aliphatic rings. The first-order chi connectivity index (χ1) is 20.0. The molecule has 1 fully saturated rings. The molecule has 1 aliphatic carbocycles. The first-order valence-corrected chi connectivity index (χ1v) is 17.2. The van der Waals surface area contributed by atoms with Gasteiger partial charge in [-0.25, -0.2) is 0 Å². The van der Waals surface area contributed by atoms with Gasteiger partial charge in [-0.05, 0) is 63.7 Å². The summed E-state index contributed by atoms with van der Waals surface area (Å²) in [5.41, 5.74) is 0. The van der Waals surface area contributed by atoms with Gasteiger partial charge in [0.2, 0.25) is 0 Å². The van der Waals surface area contributed by atoms with Crippen LogP contribution in [0.3, 0.4) is 0 Å². The number of hydrogen-bond acceptors (Lipinski definition) is 5. The Kier molecular flexibility index (Phi) is 24.0. The zero-order valence-electron chi connectivity index (χ0n) is 26.6. The van der Waals surface area contributed by atoms with Gasteiger partial charge in [-0.3, -0.25) is 4.79 Å². The van der Waals surface area contributed by atoms with Crippen molar-refractivity contribution in [2.45, 2.75) is 167 Å². The quantitative estimate of drug-likeness (QED) is 0.0544. The molecule has 1 rings (SSSR count). The van der Waals surface area contributed by atoms with Gasteiger partial charge in [-0.2, -0.15) is 0 Å². The number of unbranched alkanes of at least 4 members (excludes halogenated alkanes) is 13. The Labute approximate surface area is 252 Å². The van der Waals surface area contributed by atoms with Crippen molar-refractivity contribution < 1.29 is 24.9 Å². The van der Waals surface area contributed by atoms with Crippen LogP contribution in [0.25, 0.3) is 0 Å². The molecule has 0 spiro atoms. The van der Waals surface area contributed by atoms with E-state index in [4.69, 9.17) is 4.74 Å². The van der Waals surface area contributed by atoms with Gasteiger partial charge < -0.3 is 20.1 Å². The maximum Gasteiger partial charge on any atom is 0.305 e. The van der Waals surface area contributed by atoms with Crippen molar-refractivity contribution in [2.75, 3.05) is 6.61 Å². The zero-order valence-corrected chi connectivity index (χ0v) is 26.6. The number of hydrogen-bond donors (Lipinski definition) is 3. The molecule has 0 aromatic rings. The van der Waals surface area contributed by atoms with E-state index < -0.39 is 18.3 Å². The minimum Gasteiger partial charge on any atom is -0.466 e. The third kappa shape index (κ3) is 20.2. The Bertz CT molecular complexity index is 700. The van der Waals surface area contributed by atoms with E-state index >= 15 is 0 Å². The lowest BCUT2D eigenvalue weighted by atomic mass is 9.89. The summed E-state index contributed by atoms with van der Waals surface area (Å²) >= 11 is 0. The predicted octanol–water partition coefficient (Wildman–Crippen LogP) is 8.76. The van der Waals surface area contributed by atoms with Crippen LogP contribution >= 0.6 is 0 Å². The molecule has 0 heterocycles. The Balaban J connectivity index is 2.05. The second kappa shape index (κ2) is 26.2. The highest BCUT2D eigenvalue weighted by atomic mass is 16.5. The maximum absolute atomic E-state index is 12.0. The van der Waals surface area contributed by atoms with Crippen LogP contribution in [-0.2, 0) is 9.53 Å². The fourth-order valence-corrected chi connectivity index (χ4v) is 5.65. The van der Waals surface area contributed by atoms with Crippen LogP contribution in [0.4, 0.5) is 0 Å². The summed E-state index contributed by atoms with van der Waals surface area (Å²) in [5, 5.41) is 31.0. The third-order valence-corrected chi connectivity index (χ3v) is 8.32. The fraction of sp³-hybridized carbons (Fsp3) is 0.806. The average Bonchev–Trinajstić information content (AvgIpc) is 3.23. The lowest BCUT2D eigenvalue weighted by Gasteiger charge is -2.19. The predicted molar refractivity (Wildman–Crippen MR) is 172 cm³/mol. The van der Waals surface area contributed by atoms with Crippen LogP contribution < -0.4 is 0 Å². The second-order valence-electron chi connectivity index (χ2n) is 12.1. The first kappa shape index (κ1) is 37.6. The lowest BCUT2D eigenvalue weighted by Crippen LogP contribution is -2.20. The summed E-state index contributed by atoms with van der Waals surface area (Å²) in [5.74, 6) is -0.304. The van der Waals surface area contributed by atoms with E-state index in [1.54, 1.807) is 6.08 Å². The molecule has 0 aromatic heterocycles. The van der Waals surface area contributed by atoms with Crippen molar-refractivity contribution >= 4 is 5.97 Å². The van der Waals surface area contributed by atoms with E-state index in [2.05, 4.69) is 38.2 Å². The average molecular weight is 577 g/mol. The molecule has 0 aromatic carbocycles. The van der Waals surface area contributed by atoms with E-state index in [0.29, 0.717) is 25.9 Å². The van der Waals surface area contributed by atoms with Gasteiger partial charge in [-0.1, -0.05) is 115 Å². The molecular formula is C36H64O5. The van der Waals surface area contributed by atoms with E-state index in [9.17, 15) is 20.1 Å². The second-order valence-corrected chi connectivity index (χ2v) is 12.1. The molecule has 0 amide bonds. The van der Waals surface area contributed by atoms with E-state index in [0.717, 1.165) is 51.4 Å². The number of ether oxygens (including phenoxy) is 1. The Morgan fingerprint density at radius 2 is 1.34 bits per heavy atom. The molecule has 5 atom stereocenters. The molecule has 0 saturated heterocycles. The summed E-state index contributed by atoms with van der Waals surface area (Å²) < 4.78 is 5.39. The third-order valence-electron chi connectivity index (χ3n) is 8.32. The van der Waals surface area contributed by atoms with Gasteiger partial charge in [0.15, 0.2) is 0 Å². The maximum atomic E-state index is 12.0. The van der Waals surface area contributed by atoms with Gasteiger partial charge >= 0.3 is 5.97 Å². The summed E-state index contributed by atoms with van der Waals surface area (Å²) in [6.45, 7) is 4.92. The molecule has 0 aliphatic heterocycles. The van der Waals surface area contributed by atoms with Crippen molar-refractivity contribution in [2.24, 2.45) is 11.8 Å². The minimum absolute atomic E-state index is 0.0488. The van der Waals surface area contributed by atoms with Gasteiger partial charge in [0.05, 0.1) is 24.9 Å². The van der Waals surface area contributed by atoms with Gasteiger partial charge in [-0.15, -0.1) is 0 Å². The smallest absolute Gasteiger partial charge is 0.305 e. The molecule has 5 heteroatoms. The standard InChI is InChI=1S/C36H64O5/c1-3-5-7-8-9-10-11-12-13-14-15-16-19-23-29-41-36(40)26-22-18-17-21-25-32-33(35(39)30-34(32)38)28-27-31(37)24-20-6-4-2/h10-11,17,21,27-28,31-35,37-39H,3-9,12-16,18-20,22-26,29-30H2,1-2H3/b11-10+,21-17-,28-27+/t31-,32+,33+,34-,35+/m0/s1. The number of aliphatic hydroxyl groups excluding tert-OH is 3. The number of carbonyl (C=O) groups excluding carboxylic acids is 1. The lowest BCUT2D eigenvalue weighted by molar-refractivity contribution is -0.143. The first-order valence-electron chi connectivity index (χ1n) is 17.2. The van der Waals surface area contributed by atoms with Crippen LogP contribution in [0, 0.1) is 11.8 Å². The van der Waals surface area contributed by atoms with Crippen LogP contribution in [0.5, 0.6) is 0 Å². The van der Waals surface area contributed by atoms with Gasteiger partial charge in [0.25, 0.3) is 0 Å². The van der Waals surface area contributed by atoms with Crippen LogP contribution in [0.15, 0.2) is 36.5 Å². The van der Waals surface area contributed by atoms with E-state index in [1.165, 1.54) is 64.2 Å². The fourth-order valence-electron chi connectivity index (χ4n) is 5.65. The number of allylic oxidation sites excluding steroid dienone is 4. The molecule has 0 radical (unpaired) electrons. The van der Waals surface area contributed by atoms with Crippen LogP contribution in [0.1, 0.15) is 149 Å². The molecule has 5 nitrogen and oxygen atoms in total. The van der Waals surface area contributed by atoms with Crippen molar-refractivity contribution in [1.82, 2.24) is 0 Å². The van der Waals surface area contributed by atoms with Gasteiger partial charge in [0.1, 0.15) is 0 Å². The highest BCUT2D eigenvalue weighted by molar-refractivity contribution is 5.69.